The van der Waals surface area contributed by atoms with E-state index in [1.165, 1.54) is 16.1 Å². The highest BCUT2D eigenvalue weighted by Crippen LogP contribution is 2.28. The first-order valence-corrected chi connectivity index (χ1v) is 12.9. The van der Waals surface area contributed by atoms with E-state index in [0.29, 0.717) is 31.1 Å². The maximum absolute atomic E-state index is 13.4. The van der Waals surface area contributed by atoms with E-state index in [2.05, 4.69) is 24.3 Å². The van der Waals surface area contributed by atoms with Crippen molar-refractivity contribution in [3.05, 3.63) is 65.2 Å². The van der Waals surface area contributed by atoms with E-state index >= 15 is 0 Å². The van der Waals surface area contributed by atoms with Crippen LogP contribution in [0.1, 0.15) is 42.9 Å². The fourth-order valence-corrected chi connectivity index (χ4v) is 5.83. The molecule has 5 nitrogen and oxygen atoms in total. The Morgan fingerprint density at radius 3 is 2.16 bits per heavy atom. The summed E-state index contributed by atoms with van der Waals surface area (Å²) >= 11 is 0. The molecule has 0 aromatic heterocycles. The Kier molecular flexibility index (Phi) is 7.42. The second-order valence-electron chi connectivity index (χ2n) is 8.79. The molecule has 0 N–H and O–H groups in total. The number of nitrogens with zero attached hydrogens (tertiary/aromatic N) is 2. The summed E-state index contributed by atoms with van der Waals surface area (Å²) in [5.41, 5.74) is 3.86. The van der Waals surface area contributed by atoms with Crippen molar-refractivity contribution < 1.29 is 13.2 Å². The highest BCUT2D eigenvalue weighted by atomic mass is 32.2. The number of anilines is 1. The molecule has 2 aromatic carbocycles. The van der Waals surface area contributed by atoms with Crippen LogP contribution in [0.5, 0.6) is 0 Å². The zero-order valence-corrected chi connectivity index (χ0v) is 19.9. The van der Waals surface area contributed by atoms with Crippen molar-refractivity contribution in [1.82, 2.24) is 4.90 Å². The molecular weight excluding hydrogens is 408 g/mol. The Morgan fingerprint density at radius 2 is 1.65 bits per heavy atom. The molecule has 168 valence electrons. The van der Waals surface area contributed by atoms with Crippen molar-refractivity contribution in [2.24, 2.45) is 5.92 Å². The first-order chi connectivity index (χ1) is 14.7. The van der Waals surface area contributed by atoms with Gasteiger partial charge in [-0.15, -0.1) is 0 Å². The molecule has 6 heteroatoms. The second kappa shape index (κ2) is 9.86. The Morgan fingerprint density at radius 1 is 1.06 bits per heavy atom. The molecule has 1 atom stereocenters. The van der Waals surface area contributed by atoms with Gasteiger partial charge in [0.2, 0.25) is 15.9 Å². The Hall–Kier alpha value is -2.34. The summed E-state index contributed by atoms with van der Waals surface area (Å²) in [4.78, 5) is 15.3. The van der Waals surface area contributed by atoms with Gasteiger partial charge in [-0.1, -0.05) is 43.3 Å². The van der Waals surface area contributed by atoms with Crippen LogP contribution in [0.25, 0.3) is 0 Å². The van der Waals surface area contributed by atoms with Gasteiger partial charge in [0.25, 0.3) is 0 Å². The molecule has 3 rings (SSSR count). The Bertz CT molecular complexity index is 976. The van der Waals surface area contributed by atoms with Gasteiger partial charge in [0.15, 0.2) is 0 Å². The molecule has 1 fully saturated rings. The van der Waals surface area contributed by atoms with Gasteiger partial charge in [-0.05, 0) is 74.3 Å². The van der Waals surface area contributed by atoms with E-state index in [4.69, 9.17) is 0 Å². The lowest BCUT2D eigenvalue weighted by Gasteiger charge is -2.37. The number of piperidine rings is 1. The lowest BCUT2D eigenvalue weighted by Crippen LogP contribution is -2.52. The molecule has 2 aromatic rings. The van der Waals surface area contributed by atoms with E-state index < -0.39 is 16.1 Å². The molecule has 31 heavy (non-hydrogen) atoms. The first kappa shape index (κ1) is 23.3. The van der Waals surface area contributed by atoms with Gasteiger partial charge >= 0.3 is 0 Å². The summed E-state index contributed by atoms with van der Waals surface area (Å²) < 4.78 is 26.8. The molecule has 0 unspecified atom stereocenters. The quantitative estimate of drug-likeness (QED) is 0.641. The molecule has 0 aliphatic carbocycles. The fraction of sp³-hybridized carbons (Fsp3) is 0.480. The summed E-state index contributed by atoms with van der Waals surface area (Å²) in [5.74, 6) is 0.460. The van der Waals surface area contributed by atoms with Crippen molar-refractivity contribution in [1.29, 1.82) is 0 Å². The van der Waals surface area contributed by atoms with Gasteiger partial charge in [-0.25, -0.2) is 8.42 Å². The van der Waals surface area contributed by atoms with Crippen molar-refractivity contribution in [3.8, 4) is 0 Å². The number of hydrogen-bond donors (Lipinski definition) is 0. The molecular formula is C25H34N2O3S. The number of carbonyl (C=O) groups is 1. The number of rotatable bonds is 7. The lowest BCUT2D eigenvalue weighted by atomic mass is 9.90. The highest BCUT2D eigenvalue weighted by molar-refractivity contribution is 7.92. The number of likely N-dealkylation sites (tertiary alicyclic amines) is 1. The number of sulfonamides is 1. The number of benzene rings is 2. The molecule has 1 aliphatic rings. The van der Waals surface area contributed by atoms with Gasteiger partial charge < -0.3 is 4.90 Å². The van der Waals surface area contributed by atoms with Crippen LogP contribution in [0.4, 0.5) is 5.69 Å². The van der Waals surface area contributed by atoms with E-state index in [0.717, 1.165) is 30.4 Å². The largest absolute Gasteiger partial charge is 0.341 e. The van der Waals surface area contributed by atoms with Gasteiger partial charge in [-0.3, -0.25) is 9.10 Å². The number of carbonyl (C=O) groups excluding carboxylic acids is 1. The Labute approximate surface area is 187 Å². The van der Waals surface area contributed by atoms with Crippen LogP contribution in [0.2, 0.25) is 0 Å². The predicted octanol–water partition coefficient (Wildman–Crippen LogP) is 4.33. The molecule has 1 heterocycles. The van der Waals surface area contributed by atoms with E-state index in [9.17, 15) is 13.2 Å². The van der Waals surface area contributed by atoms with E-state index in [-0.39, 0.29) is 5.91 Å². The summed E-state index contributed by atoms with van der Waals surface area (Å²) in [6.45, 7) is 7.12. The maximum atomic E-state index is 13.4. The average molecular weight is 443 g/mol. The number of amides is 1. The number of aryl methyl sites for hydroxylation is 2. The van der Waals surface area contributed by atoms with Crippen LogP contribution in [0, 0.1) is 19.8 Å². The van der Waals surface area contributed by atoms with Crippen molar-refractivity contribution in [2.45, 2.75) is 52.5 Å². The Balaban J connectivity index is 1.75. The zero-order chi connectivity index (χ0) is 22.6. The van der Waals surface area contributed by atoms with Crippen LogP contribution in [0.15, 0.2) is 48.5 Å². The minimum absolute atomic E-state index is 0.0924. The highest BCUT2D eigenvalue weighted by Gasteiger charge is 2.35. The molecule has 0 saturated carbocycles. The van der Waals surface area contributed by atoms with Crippen LogP contribution in [-0.4, -0.2) is 44.6 Å². The second-order valence-corrected chi connectivity index (χ2v) is 10.6. The van der Waals surface area contributed by atoms with Crippen LogP contribution >= 0.6 is 0 Å². The summed E-state index contributed by atoms with van der Waals surface area (Å²) in [7, 11) is -3.61. The molecule has 1 saturated heterocycles. The van der Waals surface area contributed by atoms with Crippen LogP contribution in [0.3, 0.4) is 0 Å². The third-order valence-corrected chi connectivity index (χ3v) is 7.25. The fourth-order valence-electron chi connectivity index (χ4n) is 4.64. The lowest BCUT2D eigenvalue weighted by molar-refractivity contribution is -0.133. The molecule has 1 amide bonds. The minimum Gasteiger partial charge on any atom is -0.341 e. The standard InChI is InChI=1S/C25H34N2O3S/c1-5-24(27(31(4,29)30)23-16-19(2)15-20(3)17-23)25(28)26-13-11-22(12-14-26)18-21-9-7-6-8-10-21/h6-10,15-17,22,24H,5,11-14,18H2,1-4H3/t24-/m1/s1. The van der Waals surface area contributed by atoms with Gasteiger partial charge in [-0.2, -0.15) is 0 Å². The first-order valence-electron chi connectivity index (χ1n) is 11.1. The maximum Gasteiger partial charge on any atom is 0.246 e. The van der Waals surface area contributed by atoms with Gasteiger partial charge in [0.1, 0.15) is 6.04 Å². The topological polar surface area (TPSA) is 57.7 Å². The molecule has 1 aliphatic heterocycles. The zero-order valence-electron chi connectivity index (χ0n) is 19.0. The van der Waals surface area contributed by atoms with E-state index in [1.54, 1.807) is 0 Å². The molecule has 0 spiro atoms. The SMILES string of the molecule is CC[C@H](C(=O)N1CCC(Cc2ccccc2)CC1)N(c1cc(C)cc(C)c1)S(C)(=O)=O. The summed E-state index contributed by atoms with van der Waals surface area (Å²) in [6, 6.07) is 15.4. The summed E-state index contributed by atoms with van der Waals surface area (Å²) in [6.07, 6.45) is 4.53. The van der Waals surface area contributed by atoms with Gasteiger partial charge in [0.05, 0.1) is 11.9 Å². The normalized spacial score (nSPS) is 16.2. The third kappa shape index (κ3) is 5.88. The number of hydrogen-bond acceptors (Lipinski definition) is 3. The average Bonchev–Trinajstić information content (AvgIpc) is 2.71. The summed E-state index contributed by atoms with van der Waals surface area (Å²) in [5, 5.41) is 0. The van der Waals surface area contributed by atoms with Gasteiger partial charge in [0, 0.05) is 13.1 Å². The monoisotopic (exact) mass is 442 g/mol. The van der Waals surface area contributed by atoms with E-state index in [1.807, 2.05) is 49.9 Å². The van der Waals surface area contributed by atoms with Crippen molar-refractivity contribution in [3.63, 3.8) is 0 Å². The smallest absolute Gasteiger partial charge is 0.246 e. The predicted molar refractivity (Wildman–Crippen MR) is 127 cm³/mol. The molecule has 0 radical (unpaired) electrons. The van der Waals surface area contributed by atoms with Crippen molar-refractivity contribution in [2.75, 3.05) is 23.7 Å². The minimum atomic E-state index is -3.61. The molecule has 0 bridgehead atoms. The third-order valence-electron chi connectivity index (χ3n) is 6.07. The van der Waals surface area contributed by atoms with Crippen molar-refractivity contribution >= 4 is 21.6 Å². The van der Waals surface area contributed by atoms with Crippen LogP contribution in [-0.2, 0) is 21.2 Å². The van der Waals surface area contributed by atoms with Crippen LogP contribution < -0.4 is 4.31 Å².